The second-order valence-corrected chi connectivity index (χ2v) is 8.23. The van der Waals surface area contributed by atoms with E-state index in [-0.39, 0.29) is 0 Å². The summed E-state index contributed by atoms with van der Waals surface area (Å²) in [4.78, 5) is 4.72. The highest BCUT2D eigenvalue weighted by molar-refractivity contribution is 7.98. The third-order valence-corrected chi connectivity index (χ3v) is 5.24. The Morgan fingerprint density at radius 3 is 2.70 bits per heavy atom. The first-order valence-corrected chi connectivity index (χ1v) is 11.9. The Labute approximate surface area is 185 Å². The minimum atomic E-state index is 0.566. The molecule has 0 bridgehead atoms. The highest BCUT2D eigenvalue weighted by Crippen LogP contribution is 2.18. The van der Waals surface area contributed by atoms with E-state index in [1.54, 1.807) is 18.9 Å². The minimum Gasteiger partial charge on any atom is -0.496 e. The van der Waals surface area contributed by atoms with Gasteiger partial charge in [0.25, 0.3) is 0 Å². The molecule has 0 spiro atoms. The molecule has 2 N–H and O–H groups in total. The number of nitrogens with zero attached hydrogens (tertiary/aromatic N) is 4. The average molecular weight is 433 g/mol. The van der Waals surface area contributed by atoms with Crippen LogP contribution in [0, 0.1) is 5.92 Å². The molecular formula is C22H36N6OS. The largest absolute Gasteiger partial charge is 0.496 e. The highest BCUT2D eigenvalue weighted by atomic mass is 32.2. The van der Waals surface area contributed by atoms with Crippen LogP contribution in [0.2, 0.25) is 0 Å². The molecule has 0 aliphatic rings. The van der Waals surface area contributed by atoms with Crippen LogP contribution < -0.4 is 15.4 Å². The van der Waals surface area contributed by atoms with E-state index in [2.05, 4.69) is 52.2 Å². The summed E-state index contributed by atoms with van der Waals surface area (Å²) in [5, 5.41) is 16.4. The molecule has 0 radical (unpaired) electrons. The monoisotopic (exact) mass is 432 g/mol. The lowest BCUT2D eigenvalue weighted by molar-refractivity contribution is 0.409. The molecule has 1 aromatic heterocycles. The lowest BCUT2D eigenvalue weighted by atomic mass is 10.1. The van der Waals surface area contributed by atoms with Crippen molar-refractivity contribution in [1.29, 1.82) is 0 Å². The van der Waals surface area contributed by atoms with Crippen molar-refractivity contribution in [2.75, 3.05) is 33.0 Å². The van der Waals surface area contributed by atoms with E-state index in [1.165, 1.54) is 5.56 Å². The van der Waals surface area contributed by atoms with Crippen LogP contribution in [0.1, 0.15) is 38.6 Å². The van der Waals surface area contributed by atoms with E-state index in [4.69, 9.17) is 9.73 Å². The van der Waals surface area contributed by atoms with Crippen LogP contribution in [0.3, 0.4) is 0 Å². The summed E-state index contributed by atoms with van der Waals surface area (Å²) in [6.07, 6.45) is 4.75. The molecule has 2 rings (SSSR count). The van der Waals surface area contributed by atoms with Gasteiger partial charge in [-0.3, -0.25) is 4.99 Å². The van der Waals surface area contributed by atoms with E-state index < -0.39 is 0 Å². The van der Waals surface area contributed by atoms with Crippen molar-refractivity contribution in [3.05, 3.63) is 35.7 Å². The maximum Gasteiger partial charge on any atom is 0.191 e. The Morgan fingerprint density at radius 1 is 1.20 bits per heavy atom. The van der Waals surface area contributed by atoms with Crippen molar-refractivity contribution in [2.24, 2.45) is 10.9 Å². The Kier molecular flexibility index (Phi) is 10.5. The Bertz CT molecular complexity index is 790. The van der Waals surface area contributed by atoms with Crippen molar-refractivity contribution in [3.8, 4) is 5.75 Å². The standard InChI is InChI=1S/C22H36N6OS/c1-6-23-21(25-15-13-18-10-7-8-11-19(18)29-4)24-14-9-12-20-26-27-22(30-5)28(20)16-17(2)3/h7-8,10-11,17H,6,9,12-16H2,1-5H3,(H2,23,24,25). The maximum atomic E-state index is 5.43. The van der Waals surface area contributed by atoms with Crippen molar-refractivity contribution in [3.63, 3.8) is 0 Å². The Balaban J connectivity index is 1.85. The first-order valence-electron chi connectivity index (χ1n) is 10.7. The number of rotatable bonds is 12. The van der Waals surface area contributed by atoms with Gasteiger partial charge in [-0.1, -0.05) is 43.8 Å². The number of thioether (sulfide) groups is 1. The fourth-order valence-electron chi connectivity index (χ4n) is 3.20. The summed E-state index contributed by atoms with van der Waals surface area (Å²) >= 11 is 1.65. The summed E-state index contributed by atoms with van der Waals surface area (Å²) in [6.45, 7) is 9.85. The van der Waals surface area contributed by atoms with Crippen LogP contribution in [-0.4, -0.2) is 53.7 Å². The number of hydrogen-bond acceptors (Lipinski definition) is 5. The van der Waals surface area contributed by atoms with E-state index >= 15 is 0 Å². The molecule has 166 valence electrons. The van der Waals surface area contributed by atoms with Crippen molar-refractivity contribution >= 4 is 17.7 Å². The van der Waals surface area contributed by atoms with Gasteiger partial charge in [0, 0.05) is 32.6 Å². The van der Waals surface area contributed by atoms with Gasteiger partial charge in [0.2, 0.25) is 0 Å². The molecule has 1 heterocycles. The molecule has 8 heteroatoms. The van der Waals surface area contributed by atoms with Gasteiger partial charge in [0.15, 0.2) is 11.1 Å². The topological polar surface area (TPSA) is 76.4 Å². The molecule has 0 saturated heterocycles. The number of aromatic nitrogens is 3. The third kappa shape index (κ3) is 7.55. The number of hydrogen-bond donors (Lipinski definition) is 2. The van der Waals surface area contributed by atoms with Gasteiger partial charge in [-0.05, 0) is 43.6 Å². The predicted molar refractivity (Wildman–Crippen MR) is 126 cm³/mol. The zero-order valence-corrected chi connectivity index (χ0v) is 19.8. The molecule has 0 atom stereocenters. The van der Waals surface area contributed by atoms with Crippen LogP contribution in [0.4, 0.5) is 0 Å². The number of methoxy groups -OCH3 is 1. The van der Waals surface area contributed by atoms with Gasteiger partial charge in [-0.15, -0.1) is 10.2 Å². The molecule has 7 nitrogen and oxygen atoms in total. The number of benzene rings is 1. The molecule has 0 aliphatic heterocycles. The zero-order chi connectivity index (χ0) is 21.8. The number of aliphatic imine (C=N–C) groups is 1. The van der Waals surface area contributed by atoms with Gasteiger partial charge in [-0.2, -0.15) is 0 Å². The first kappa shape index (κ1) is 24.1. The van der Waals surface area contributed by atoms with Crippen molar-refractivity contribution in [2.45, 2.75) is 51.7 Å². The minimum absolute atomic E-state index is 0.566. The van der Waals surface area contributed by atoms with E-state index in [9.17, 15) is 0 Å². The van der Waals surface area contributed by atoms with Crippen LogP contribution in [0.15, 0.2) is 34.4 Å². The third-order valence-electron chi connectivity index (χ3n) is 4.58. The second-order valence-electron chi connectivity index (χ2n) is 7.46. The van der Waals surface area contributed by atoms with Gasteiger partial charge in [0.05, 0.1) is 7.11 Å². The van der Waals surface area contributed by atoms with Gasteiger partial charge >= 0.3 is 0 Å². The summed E-state index contributed by atoms with van der Waals surface area (Å²) in [7, 11) is 1.71. The van der Waals surface area contributed by atoms with Crippen LogP contribution in [-0.2, 0) is 19.4 Å². The van der Waals surface area contributed by atoms with Gasteiger partial charge in [-0.25, -0.2) is 0 Å². The molecule has 2 aromatic rings. The number of ether oxygens (including phenoxy) is 1. The quantitative estimate of drug-likeness (QED) is 0.232. The molecular weight excluding hydrogens is 396 g/mol. The molecule has 1 aromatic carbocycles. The van der Waals surface area contributed by atoms with Crippen molar-refractivity contribution in [1.82, 2.24) is 25.4 Å². The number of nitrogens with one attached hydrogen (secondary N) is 2. The summed E-state index contributed by atoms with van der Waals surface area (Å²) in [5.41, 5.74) is 1.19. The van der Waals surface area contributed by atoms with Gasteiger partial charge < -0.3 is 19.9 Å². The number of para-hydroxylation sites is 1. The maximum absolute atomic E-state index is 5.43. The predicted octanol–water partition coefficient (Wildman–Crippen LogP) is 3.40. The Hall–Kier alpha value is -2.22. The van der Waals surface area contributed by atoms with E-state index in [0.29, 0.717) is 5.92 Å². The summed E-state index contributed by atoms with van der Waals surface area (Å²) in [5.74, 6) is 3.39. The lowest BCUT2D eigenvalue weighted by Gasteiger charge is -2.13. The summed E-state index contributed by atoms with van der Waals surface area (Å²) in [6, 6.07) is 8.12. The molecule has 0 fully saturated rings. The molecule has 0 unspecified atom stereocenters. The van der Waals surface area contributed by atoms with Crippen LogP contribution in [0.5, 0.6) is 5.75 Å². The van der Waals surface area contributed by atoms with E-state index in [1.807, 2.05) is 24.5 Å². The molecule has 0 amide bonds. The first-order chi connectivity index (χ1) is 14.6. The van der Waals surface area contributed by atoms with Crippen LogP contribution >= 0.6 is 11.8 Å². The fraction of sp³-hybridized carbons (Fsp3) is 0.591. The van der Waals surface area contributed by atoms with Crippen LogP contribution in [0.25, 0.3) is 0 Å². The molecule has 0 saturated carbocycles. The number of aryl methyl sites for hydroxylation is 1. The van der Waals surface area contributed by atoms with E-state index in [0.717, 1.165) is 68.1 Å². The smallest absolute Gasteiger partial charge is 0.191 e. The Morgan fingerprint density at radius 2 is 2.00 bits per heavy atom. The molecule has 30 heavy (non-hydrogen) atoms. The SMILES string of the molecule is CCNC(=NCCCc1nnc(SC)n1CC(C)C)NCCc1ccccc1OC. The zero-order valence-electron chi connectivity index (χ0n) is 18.9. The van der Waals surface area contributed by atoms with Crippen molar-refractivity contribution < 1.29 is 4.74 Å². The van der Waals surface area contributed by atoms with Gasteiger partial charge in [0.1, 0.15) is 11.6 Å². The fourth-order valence-corrected chi connectivity index (χ4v) is 3.72. The summed E-state index contributed by atoms with van der Waals surface area (Å²) < 4.78 is 7.67. The molecule has 0 aliphatic carbocycles. The second kappa shape index (κ2) is 13.2. The average Bonchev–Trinajstić information content (AvgIpc) is 3.12. The normalized spacial score (nSPS) is 11.7. The lowest BCUT2D eigenvalue weighted by Crippen LogP contribution is -2.38. The highest BCUT2D eigenvalue weighted by Gasteiger charge is 2.12. The number of guanidine groups is 1.